The molecule has 1 aliphatic rings. The van der Waals surface area contributed by atoms with E-state index in [0.717, 1.165) is 42.3 Å². The van der Waals surface area contributed by atoms with Crippen molar-refractivity contribution in [2.45, 2.75) is 19.3 Å². The van der Waals surface area contributed by atoms with Gasteiger partial charge in [0.05, 0.1) is 14.2 Å². The molecule has 2 amide bonds. The molecule has 1 aliphatic heterocycles. The summed E-state index contributed by atoms with van der Waals surface area (Å²) in [5, 5.41) is 2.84. The van der Waals surface area contributed by atoms with E-state index in [2.05, 4.69) is 5.32 Å². The van der Waals surface area contributed by atoms with Crippen LogP contribution in [-0.2, 0) is 9.59 Å². The van der Waals surface area contributed by atoms with Gasteiger partial charge >= 0.3 is 0 Å². The smallest absolute Gasteiger partial charge is 0.279 e. The Morgan fingerprint density at radius 1 is 1.13 bits per heavy atom. The maximum atomic E-state index is 12.2. The molecule has 1 fully saturated rings. The number of hydrogen-bond donors (Lipinski definition) is 2. The number of rotatable bonds is 6. The lowest BCUT2D eigenvalue weighted by molar-refractivity contribution is -0.862. The lowest BCUT2D eigenvalue weighted by atomic mass is 10.1. The van der Waals surface area contributed by atoms with Gasteiger partial charge < -0.3 is 19.9 Å². The van der Waals surface area contributed by atoms with Crippen molar-refractivity contribution >= 4 is 17.5 Å². The predicted molar refractivity (Wildman–Crippen MR) is 88.7 cm³/mol. The molecular formula is C17H26N3O3+. The fourth-order valence-corrected chi connectivity index (χ4v) is 2.73. The molecular weight excluding hydrogens is 294 g/mol. The summed E-state index contributed by atoms with van der Waals surface area (Å²) >= 11 is 0. The number of anilines is 1. The van der Waals surface area contributed by atoms with E-state index in [4.69, 9.17) is 4.74 Å². The SMILES string of the molecule is COc1ccc(NC(=O)C[NH+](C)CC(=O)N2CCCCC2)cc1. The number of amides is 2. The number of ether oxygens (including phenoxy) is 1. The van der Waals surface area contributed by atoms with Crippen LogP contribution in [0.15, 0.2) is 24.3 Å². The first-order valence-electron chi connectivity index (χ1n) is 8.11. The molecule has 2 N–H and O–H groups in total. The van der Waals surface area contributed by atoms with Gasteiger partial charge in [0.25, 0.3) is 11.8 Å². The Hall–Kier alpha value is -2.08. The third-order valence-electron chi connectivity index (χ3n) is 4.00. The molecule has 0 aliphatic carbocycles. The minimum Gasteiger partial charge on any atom is -0.497 e. The predicted octanol–water partition coefficient (Wildman–Crippen LogP) is 0.161. The van der Waals surface area contributed by atoms with Gasteiger partial charge in [-0.3, -0.25) is 9.59 Å². The van der Waals surface area contributed by atoms with E-state index in [1.807, 2.05) is 11.9 Å². The molecule has 0 bridgehead atoms. The van der Waals surface area contributed by atoms with Crippen LogP contribution in [0, 0.1) is 0 Å². The molecule has 0 aromatic heterocycles. The monoisotopic (exact) mass is 320 g/mol. The number of hydrogen-bond acceptors (Lipinski definition) is 3. The fourth-order valence-electron chi connectivity index (χ4n) is 2.73. The van der Waals surface area contributed by atoms with Gasteiger partial charge in [-0.2, -0.15) is 0 Å². The van der Waals surface area contributed by atoms with Crippen LogP contribution in [0.25, 0.3) is 0 Å². The Labute approximate surface area is 137 Å². The Kier molecular flexibility index (Phi) is 6.40. The van der Waals surface area contributed by atoms with Crippen LogP contribution in [0.5, 0.6) is 5.75 Å². The normalized spacial score (nSPS) is 15.8. The number of piperidine rings is 1. The highest BCUT2D eigenvalue weighted by molar-refractivity contribution is 5.91. The standard InChI is InChI=1S/C17H25N3O3/c1-19(13-17(22)20-10-4-3-5-11-20)12-16(21)18-14-6-8-15(23-2)9-7-14/h6-9H,3-5,10-13H2,1-2H3,(H,18,21)/p+1. The number of nitrogens with zero attached hydrogens (tertiary/aromatic N) is 1. The molecule has 1 saturated heterocycles. The minimum absolute atomic E-state index is 0.0980. The summed E-state index contributed by atoms with van der Waals surface area (Å²) in [5.74, 6) is 0.788. The lowest BCUT2D eigenvalue weighted by Gasteiger charge is -2.27. The molecule has 1 aromatic carbocycles. The average molecular weight is 320 g/mol. The van der Waals surface area contributed by atoms with Crippen molar-refractivity contribution < 1.29 is 19.2 Å². The number of nitrogens with one attached hydrogen (secondary N) is 2. The van der Waals surface area contributed by atoms with Gasteiger partial charge in [-0.05, 0) is 43.5 Å². The Bertz CT molecular complexity index is 524. The molecule has 1 heterocycles. The van der Waals surface area contributed by atoms with E-state index in [9.17, 15) is 9.59 Å². The van der Waals surface area contributed by atoms with Gasteiger partial charge in [0, 0.05) is 18.8 Å². The molecule has 0 spiro atoms. The van der Waals surface area contributed by atoms with Crippen molar-refractivity contribution in [2.75, 3.05) is 45.7 Å². The van der Waals surface area contributed by atoms with Crippen LogP contribution in [0.3, 0.4) is 0 Å². The maximum Gasteiger partial charge on any atom is 0.279 e. The number of methoxy groups -OCH3 is 1. The van der Waals surface area contributed by atoms with Crippen molar-refractivity contribution in [1.82, 2.24) is 4.90 Å². The number of carbonyl (C=O) groups is 2. The number of likely N-dealkylation sites (N-methyl/N-ethyl adjacent to an activating group) is 1. The first kappa shape index (κ1) is 17.3. The fraction of sp³-hybridized carbons (Fsp3) is 0.529. The van der Waals surface area contributed by atoms with Crippen molar-refractivity contribution in [3.05, 3.63) is 24.3 Å². The number of quaternary nitrogens is 1. The zero-order valence-corrected chi connectivity index (χ0v) is 13.9. The Balaban J connectivity index is 1.76. The molecule has 126 valence electrons. The topological polar surface area (TPSA) is 63.1 Å². The zero-order valence-electron chi connectivity index (χ0n) is 13.9. The second-order valence-corrected chi connectivity index (χ2v) is 6.03. The molecule has 23 heavy (non-hydrogen) atoms. The van der Waals surface area contributed by atoms with Gasteiger partial charge in [0.2, 0.25) is 0 Å². The molecule has 6 heteroatoms. The lowest BCUT2D eigenvalue weighted by Crippen LogP contribution is -3.11. The van der Waals surface area contributed by atoms with E-state index in [1.54, 1.807) is 31.4 Å². The highest BCUT2D eigenvalue weighted by Crippen LogP contribution is 2.14. The summed E-state index contributed by atoms with van der Waals surface area (Å²) in [5.41, 5.74) is 0.728. The second-order valence-electron chi connectivity index (χ2n) is 6.03. The summed E-state index contributed by atoms with van der Waals surface area (Å²) in [4.78, 5) is 27.0. The molecule has 0 radical (unpaired) electrons. The third kappa shape index (κ3) is 5.56. The molecule has 2 rings (SSSR count). The largest absolute Gasteiger partial charge is 0.497 e. The van der Waals surface area contributed by atoms with E-state index in [0.29, 0.717) is 6.54 Å². The van der Waals surface area contributed by atoms with Gasteiger partial charge in [-0.25, -0.2) is 0 Å². The van der Waals surface area contributed by atoms with Crippen molar-refractivity contribution in [1.29, 1.82) is 0 Å². The summed E-state index contributed by atoms with van der Waals surface area (Å²) in [6.45, 7) is 2.33. The molecule has 1 atom stereocenters. The van der Waals surface area contributed by atoms with Crippen LogP contribution >= 0.6 is 0 Å². The minimum atomic E-state index is -0.0980. The van der Waals surface area contributed by atoms with Crippen LogP contribution in [0.2, 0.25) is 0 Å². The summed E-state index contributed by atoms with van der Waals surface area (Å²) in [6, 6.07) is 7.19. The number of carbonyl (C=O) groups excluding carboxylic acids is 2. The number of likely N-dealkylation sites (tertiary alicyclic amines) is 1. The summed E-state index contributed by atoms with van der Waals surface area (Å²) in [7, 11) is 3.47. The highest BCUT2D eigenvalue weighted by atomic mass is 16.5. The summed E-state index contributed by atoms with van der Waals surface area (Å²) in [6.07, 6.45) is 3.38. The van der Waals surface area contributed by atoms with E-state index in [-0.39, 0.29) is 18.4 Å². The zero-order chi connectivity index (χ0) is 16.7. The number of benzene rings is 1. The van der Waals surface area contributed by atoms with Gasteiger partial charge in [0.1, 0.15) is 5.75 Å². The second kappa shape index (κ2) is 8.53. The molecule has 1 unspecified atom stereocenters. The van der Waals surface area contributed by atoms with Crippen molar-refractivity contribution in [3.63, 3.8) is 0 Å². The van der Waals surface area contributed by atoms with E-state index < -0.39 is 0 Å². The molecule has 0 saturated carbocycles. The first-order chi connectivity index (χ1) is 11.1. The Morgan fingerprint density at radius 3 is 2.39 bits per heavy atom. The van der Waals surface area contributed by atoms with Gasteiger partial charge in [-0.1, -0.05) is 0 Å². The average Bonchev–Trinajstić information content (AvgIpc) is 2.56. The summed E-state index contributed by atoms with van der Waals surface area (Å²) < 4.78 is 5.08. The maximum absolute atomic E-state index is 12.2. The van der Waals surface area contributed by atoms with Crippen LogP contribution in [0.1, 0.15) is 19.3 Å². The van der Waals surface area contributed by atoms with E-state index in [1.165, 1.54) is 6.42 Å². The quantitative estimate of drug-likeness (QED) is 0.785. The third-order valence-corrected chi connectivity index (χ3v) is 4.00. The van der Waals surface area contributed by atoms with Crippen molar-refractivity contribution in [3.8, 4) is 5.75 Å². The highest BCUT2D eigenvalue weighted by Gasteiger charge is 2.21. The van der Waals surface area contributed by atoms with Crippen LogP contribution in [0.4, 0.5) is 5.69 Å². The van der Waals surface area contributed by atoms with Crippen LogP contribution in [-0.4, -0.2) is 57.1 Å². The molecule has 6 nitrogen and oxygen atoms in total. The molecule has 1 aromatic rings. The first-order valence-corrected chi connectivity index (χ1v) is 8.11. The van der Waals surface area contributed by atoms with Gasteiger partial charge in [-0.15, -0.1) is 0 Å². The van der Waals surface area contributed by atoms with Crippen LogP contribution < -0.4 is 15.0 Å². The van der Waals surface area contributed by atoms with Crippen molar-refractivity contribution in [2.24, 2.45) is 0 Å². The van der Waals surface area contributed by atoms with E-state index >= 15 is 0 Å². The Morgan fingerprint density at radius 2 is 1.78 bits per heavy atom. The van der Waals surface area contributed by atoms with Gasteiger partial charge in [0.15, 0.2) is 13.1 Å².